The molecule has 0 saturated carbocycles. The van der Waals surface area contributed by atoms with Crippen LogP contribution in [-0.2, 0) is 0 Å². The summed E-state index contributed by atoms with van der Waals surface area (Å²) < 4.78 is 0. The number of hydrogen-bond donors (Lipinski definition) is 1. The van der Waals surface area contributed by atoms with E-state index in [1.54, 1.807) is 0 Å². The highest BCUT2D eigenvalue weighted by molar-refractivity contribution is 6.44. The molecule has 0 aromatic carbocycles. The summed E-state index contributed by atoms with van der Waals surface area (Å²) in [4.78, 5) is -0.151. The molecule has 0 aliphatic carbocycles. The molecule has 0 saturated heterocycles. The molecule has 0 atom stereocenters. The van der Waals surface area contributed by atoms with Gasteiger partial charge in [0.05, 0.1) is 0 Å². The van der Waals surface area contributed by atoms with E-state index in [0.29, 0.717) is 0 Å². The fraction of sp³-hybridized carbons (Fsp3) is 1.00. The summed E-state index contributed by atoms with van der Waals surface area (Å²) in [5, 5.41) is 7.00. The van der Waals surface area contributed by atoms with E-state index >= 15 is 0 Å². The Morgan fingerprint density at radius 2 is 1.50 bits per heavy atom. The van der Waals surface area contributed by atoms with Gasteiger partial charge in [-0.3, -0.25) is 0 Å². The summed E-state index contributed by atoms with van der Waals surface area (Å²) in [5.41, 5.74) is 0. The Kier molecular flexibility index (Phi) is 17.6. The Morgan fingerprint density at radius 1 is 1.00 bits per heavy atom. The Bertz CT molecular complexity index is 67.5. The van der Waals surface area contributed by atoms with Crippen LogP contribution in [0, 0.1) is 0 Å². The third-order valence-electron chi connectivity index (χ3n) is 1.53. The van der Waals surface area contributed by atoms with Crippen LogP contribution in [0.5, 0.6) is 0 Å². The number of aliphatic hydroxyl groups excluding tert-OH is 1. The third-order valence-corrected chi connectivity index (χ3v) is 1.96. The summed E-state index contributed by atoms with van der Waals surface area (Å²) >= 11 is 11.1. The van der Waals surface area contributed by atoms with Gasteiger partial charge in [0.25, 0.3) is 0 Å². The van der Waals surface area contributed by atoms with Crippen molar-refractivity contribution in [2.45, 2.75) is 50.3 Å². The van der Waals surface area contributed by atoms with E-state index in [2.05, 4.69) is 6.92 Å². The van der Waals surface area contributed by atoms with Gasteiger partial charge in [-0.25, -0.2) is 0 Å². The summed E-state index contributed by atoms with van der Waals surface area (Å²) in [5.74, 6) is 0. The lowest BCUT2D eigenvalue weighted by Gasteiger charge is -1.99. The summed E-state index contributed by atoms with van der Waals surface area (Å²) in [6.45, 7) is 2.21. The molecule has 76 valence electrons. The van der Waals surface area contributed by atoms with Crippen molar-refractivity contribution in [2.24, 2.45) is 0 Å². The quantitative estimate of drug-likeness (QED) is 0.528. The smallest absolute Gasteiger partial charge is 0.107 e. The van der Waals surface area contributed by atoms with Crippen molar-refractivity contribution in [1.82, 2.24) is 0 Å². The molecule has 0 aliphatic rings. The largest absolute Gasteiger partial charge is 0.400 e. The van der Waals surface area contributed by atoms with Gasteiger partial charge in [0, 0.05) is 7.11 Å². The number of rotatable bonds is 6. The maximum absolute atomic E-state index is 7.00. The van der Waals surface area contributed by atoms with Gasteiger partial charge in [-0.2, -0.15) is 0 Å². The molecule has 0 unspecified atom stereocenters. The lowest BCUT2D eigenvalue weighted by Crippen LogP contribution is -1.86. The molecule has 1 nitrogen and oxygen atoms in total. The zero-order valence-electron chi connectivity index (χ0n) is 8.02. The number of alkyl halides is 2. The SMILES string of the molecule is CCCCCCCC(Cl)Cl.CO. The van der Waals surface area contributed by atoms with Crippen LogP contribution < -0.4 is 0 Å². The van der Waals surface area contributed by atoms with Gasteiger partial charge in [-0.1, -0.05) is 39.0 Å². The Morgan fingerprint density at radius 3 is 1.92 bits per heavy atom. The number of halogens is 2. The van der Waals surface area contributed by atoms with E-state index in [1.807, 2.05) is 0 Å². The van der Waals surface area contributed by atoms with E-state index in [-0.39, 0.29) is 4.84 Å². The standard InChI is InChI=1S/C8H16Cl2.CH4O/c1-2-3-4-5-6-7-8(9)10;1-2/h8H,2-7H2,1H3;2H,1H3. The van der Waals surface area contributed by atoms with Gasteiger partial charge >= 0.3 is 0 Å². The first-order chi connectivity index (χ1) is 5.77. The first-order valence-corrected chi connectivity index (χ1v) is 5.37. The van der Waals surface area contributed by atoms with Gasteiger partial charge in [-0.15, -0.1) is 23.2 Å². The molecule has 3 heteroatoms. The van der Waals surface area contributed by atoms with Crippen molar-refractivity contribution in [3.05, 3.63) is 0 Å². The number of hydrogen-bond acceptors (Lipinski definition) is 1. The van der Waals surface area contributed by atoms with Gasteiger partial charge in [-0.05, 0) is 6.42 Å². The minimum absolute atomic E-state index is 0.151. The minimum Gasteiger partial charge on any atom is -0.400 e. The average molecular weight is 215 g/mol. The zero-order valence-corrected chi connectivity index (χ0v) is 9.53. The third kappa shape index (κ3) is 16.9. The molecule has 0 fully saturated rings. The Hall–Kier alpha value is 0.540. The van der Waals surface area contributed by atoms with Crippen LogP contribution >= 0.6 is 23.2 Å². The zero-order chi connectivity index (χ0) is 9.82. The van der Waals surface area contributed by atoms with Crippen LogP contribution in [0.15, 0.2) is 0 Å². The van der Waals surface area contributed by atoms with E-state index in [4.69, 9.17) is 28.3 Å². The molecule has 0 aromatic heterocycles. The van der Waals surface area contributed by atoms with Crippen molar-refractivity contribution in [3.63, 3.8) is 0 Å². The van der Waals surface area contributed by atoms with E-state index < -0.39 is 0 Å². The van der Waals surface area contributed by atoms with Crippen LogP contribution in [0.2, 0.25) is 0 Å². The minimum atomic E-state index is -0.151. The van der Waals surface area contributed by atoms with Crippen molar-refractivity contribution < 1.29 is 5.11 Å². The first-order valence-electron chi connectivity index (χ1n) is 4.50. The molecule has 12 heavy (non-hydrogen) atoms. The Balaban J connectivity index is 0. The topological polar surface area (TPSA) is 20.2 Å². The van der Waals surface area contributed by atoms with Crippen LogP contribution in [0.25, 0.3) is 0 Å². The molecule has 0 heterocycles. The summed E-state index contributed by atoms with van der Waals surface area (Å²) in [6.07, 6.45) is 7.38. The van der Waals surface area contributed by atoms with Crippen molar-refractivity contribution >= 4 is 23.2 Å². The van der Waals surface area contributed by atoms with E-state index in [1.165, 1.54) is 32.1 Å². The van der Waals surface area contributed by atoms with Crippen molar-refractivity contribution in [2.75, 3.05) is 7.11 Å². The monoisotopic (exact) mass is 214 g/mol. The van der Waals surface area contributed by atoms with Crippen LogP contribution in [0.4, 0.5) is 0 Å². The second-order valence-corrected chi connectivity index (χ2v) is 3.87. The fourth-order valence-electron chi connectivity index (χ4n) is 0.902. The average Bonchev–Trinajstić information content (AvgIpc) is 2.07. The molecule has 0 spiro atoms. The molecular formula is C9H20Cl2O. The molecule has 0 amide bonds. The first kappa shape index (κ1) is 15.0. The summed E-state index contributed by atoms with van der Waals surface area (Å²) in [7, 11) is 1.00. The maximum Gasteiger partial charge on any atom is 0.107 e. The second kappa shape index (κ2) is 14.1. The van der Waals surface area contributed by atoms with Crippen molar-refractivity contribution in [3.8, 4) is 0 Å². The van der Waals surface area contributed by atoms with Crippen LogP contribution in [0.3, 0.4) is 0 Å². The van der Waals surface area contributed by atoms with E-state index in [9.17, 15) is 0 Å². The molecule has 0 bridgehead atoms. The van der Waals surface area contributed by atoms with Gasteiger partial charge < -0.3 is 5.11 Å². The molecule has 0 aromatic rings. The van der Waals surface area contributed by atoms with Crippen LogP contribution in [-0.4, -0.2) is 17.1 Å². The van der Waals surface area contributed by atoms with Gasteiger partial charge in [0.2, 0.25) is 0 Å². The predicted octanol–water partition coefficient (Wildman–Crippen LogP) is 3.76. The second-order valence-electron chi connectivity index (χ2n) is 2.59. The highest BCUT2D eigenvalue weighted by Crippen LogP contribution is 2.13. The molecular weight excluding hydrogens is 195 g/mol. The molecule has 0 aliphatic heterocycles. The maximum atomic E-state index is 7.00. The van der Waals surface area contributed by atoms with Crippen LogP contribution in [0.1, 0.15) is 45.4 Å². The van der Waals surface area contributed by atoms with E-state index in [0.717, 1.165) is 13.5 Å². The van der Waals surface area contributed by atoms with Gasteiger partial charge in [0.1, 0.15) is 4.84 Å². The Labute approximate surface area is 86.1 Å². The number of aliphatic hydroxyl groups is 1. The molecule has 0 rings (SSSR count). The highest BCUT2D eigenvalue weighted by atomic mass is 35.5. The fourth-order valence-corrected chi connectivity index (χ4v) is 1.21. The summed E-state index contributed by atoms with van der Waals surface area (Å²) in [6, 6.07) is 0. The van der Waals surface area contributed by atoms with Crippen molar-refractivity contribution in [1.29, 1.82) is 0 Å². The lowest BCUT2D eigenvalue weighted by atomic mass is 10.1. The van der Waals surface area contributed by atoms with Gasteiger partial charge in [0.15, 0.2) is 0 Å². The normalized spacial score (nSPS) is 9.50. The molecule has 0 radical (unpaired) electrons. The number of unbranched alkanes of at least 4 members (excludes halogenated alkanes) is 4. The highest BCUT2D eigenvalue weighted by Gasteiger charge is 1.96. The predicted molar refractivity (Wildman–Crippen MR) is 57.0 cm³/mol. The lowest BCUT2D eigenvalue weighted by molar-refractivity contribution is 0.399. The molecule has 1 N–H and O–H groups in total.